The van der Waals surface area contributed by atoms with E-state index in [4.69, 9.17) is 0 Å². The number of benzene rings is 1. The van der Waals surface area contributed by atoms with Crippen LogP contribution in [0.15, 0.2) is 24.3 Å². The van der Waals surface area contributed by atoms with Crippen LogP contribution in [-0.4, -0.2) is 0 Å². The van der Waals surface area contributed by atoms with Crippen LogP contribution >= 0.6 is 0 Å². The summed E-state index contributed by atoms with van der Waals surface area (Å²) in [5, 5.41) is 0. The highest BCUT2D eigenvalue weighted by molar-refractivity contribution is 5.26. The minimum absolute atomic E-state index is 0.122. The lowest BCUT2D eigenvalue weighted by molar-refractivity contribution is -0.117. The third-order valence-corrected chi connectivity index (χ3v) is 3.14. The van der Waals surface area contributed by atoms with Crippen molar-refractivity contribution in [1.29, 1.82) is 0 Å². The van der Waals surface area contributed by atoms with E-state index >= 15 is 0 Å². The molecule has 0 bridgehead atoms. The molecule has 1 rings (SSSR count). The van der Waals surface area contributed by atoms with Crippen molar-refractivity contribution in [2.45, 2.75) is 46.5 Å². The summed E-state index contributed by atoms with van der Waals surface area (Å²) in [5.41, 5.74) is 0.140. The third kappa shape index (κ3) is 2.42. The summed E-state index contributed by atoms with van der Waals surface area (Å²) >= 11 is 0. The summed E-state index contributed by atoms with van der Waals surface area (Å²) in [4.78, 5) is 0. The highest BCUT2D eigenvalue weighted by atomic mass is 19.3. The fraction of sp³-hybridized carbons (Fsp3) is 0.571. The zero-order valence-corrected chi connectivity index (χ0v) is 10.5. The summed E-state index contributed by atoms with van der Waals surface area (Å²) in [6, 6.07) is 6.55. The molecule has 0 spiro atoms. The fourth-order valence-corrected chi connectivity index (χ4v) is 1.94. The lowest BCUT2D eigenvalue weighted by Crippen LogP contribution is -2.33. The van der Waals surface area contributed by atoms with Gasteiger partial charge in [0, 0.05) is 11.0 Å². The molecule has 1 aromatic rings. The van der Waals surface area contributed by atoms with E-state index in [0.29, 0.717) is 6.42 Å². The van der Waals surface area contributed by atoms with Gasteiger partial charge in [-0.2, -0.15) is 0 Å². The van der Waals surface area contributed by atoms with Gasteiger partial charge in [-0.25, -0.2) is 8.78 Å². The maximum Gasteiger partial charge on any atom is 0.278 e. The van der Waals surface area contributed by atoms with Gasteiger partial charge in [-0.3, -0.25) is 0 Å². The number of rotatable bonds is 4. The Kier molecular flexibility index (Phi) is 3.72. The second kappa shape index (κ2) is 4.52. The molecule has 0 aliphatic rings. The molecule has 1 aromatic carbocycles. The quantitative estimate of drug-likeness (QED) is 0.684. The van der Waals surface area contributed by atoms with Crippen LogP contribution in [0.4, 0.5) is 8.78 Å². The van der Waals surface area contributed by atoms with Crippen molar-refractivity contribution in [1.82, 2.24) is 0 Å². The number of hydrogen-bond donors (Lipinski definition) is 0. The molecule has 2 heteroatoms. The molecular weight excluding hydrogens is 206 g/mol. The van der Waals surface area contributed by atoms with E-state index in [1.54, 1.807) is 26.0 Å². The van der Waals surface area contributed by atoms with Gasteiger partial charge in [-0.15, -0.1) is 0 Å². The molecule has 0 aliphatic heterocycles. The van der Waals surface area contributed by atoms with E-state index < -0.39 is 11.3 Å². The predicted molar refractivity (Wildman–Crippen MR) is 63.8 cm³/mol. The zero-order chi connectivity index (χ0) is 12.4. The standard InChI is InChI=1S/C14H20F2/c1-5-10-13(3,4)14(15,16)12-8-6-11(2)7-9-12/h6-9H,5,10H2,1-4H3. The maximum absolute atomic E-state index is 14.3. The predicted octanol–water partition coefficient (Wildman–Crippen LogP) is 4.91. The summed E-state index contributed by atoms with van der Waals surface area (Å²) in [5.74, 6) is -2.77. The van der Waals surface area contributed by atoms with Gasteiger partial charge < -0.3 is 0 Å². The number of hydrogen-bond acceptors (Lipinski definition) is 0. The average Bonchev–Trinajstić information content (AvgIpc) is 2.18. The molecule has 16 heavy (non-hydrogen) atoms. The normalized spacial score (nSPS) is 12.9. The lowest BCUT2D eigenvalue weighted by atomic mass is 9.78. The molecule has 0 saturated carbocycles. The van der Waals surface area contributed by atoms with E-state index in [1.165, 1.54) is 12.1 Å². The molecule has 0 unspecified atom stereocenters. The average molecular weight is 226 g/mol. The van der Waals surface area contributed by atoms with Crippen molar-refractivity contribution in [3.8, 4) is 0 Å². The van der Waals surface area contributed by atoms with Gasteiger partial charge in [0.25, 0.3) is 5.92 Å². The number of aryl methyl sites for hydroxylation is 1. The van der Waals surface area contributed by atoms with Crippen molar-refractivity contribution in [2.75, 3.05) is 0 Å². The van der Waals surface area contributed by atoms with Gasteiger partial charge in [0.05, 0.1) is 0 Å². The van der Waals surface area contributed by atoms with E-state index in [1.807, 2.05) is 13.8 Å². The Bertz CT molecular complexity index is 336. The Morgan fingerprint density at radius 3 is 2.00 bits per heavy atom. The molecule has 0 atom stereocenters. The van der Waals surface area contributed by atoms with Crippen LogP contribution in [0.1, 0.15) is 44.7 Å². The molecule has 0 nitrogen and oxygen atoms in total. The minimum atomic E-state index is -2.77. The van der Waals surface area contributed by atoms with Gasteiger partial charge in [-0.05, 0) is 13.3 Å². The summed E-state index contributed by atoms with van der Waals surface area (Å²) in [6.07, 6.45) is 1.29. The second-order valence-corrected chi connectivity index (χ2v) is 5.07. The van der Waals surface area contributed by atoms with Crippen LogP contribution in [0.5, 0.6) is 0 Å². The van der Waals surface area contributed by atoms with Crippen LogP contribution in [0, 0.1) is 12.3 Å². The van der Waals surface area contributed by atoms with Crippen molar-refractivity contribution in [3.63, 3.8) is 0 Å². The molecule has 90 valence electrons. The molecule has 0 fully saturated rings. The highest BCUT2D eigenvalue weighted by Crippen LogP contribution is 2.47. The van der Waals surface area contributed by atoms with Gasteiger partial charge >= 0.3 is 0 Å². The number of halogens is 2. The van der Waals surface area contributed by atoms with Gasteiger partial charge in [0.15, 0.2) is 0 Å². The highest BCUT2D eigenvalue weighted by Gasteiger charge is 2.46. The molecule has 0 radical (unpaired) electrons. The third-order valence-electron chi connectivity index (χ3n) is 3.14. The first kappa shape index (κ1) is 13.1. The summed E-state index contributed by atoms with van der Waals surface area (Å²) in [7, 11) is 0. The van der Waals surface area contributed by atoms with E-state index in [2.05, 4.69) is 0 Å². The lowest BCUT2D eigenvalue weighted by Gasteiger charge is -2.34. The van der Waals surface area contributed by atoms with Crippen molar-refractivity contribution in [2.24, 2.45) is 5.41 Å². The van der Waals surface area contributed by atoms with E-state index in [-0.39, 0.29) is 5.56 Å². The Labute approximate surface area is 96.7 Å². The zero-order valence-electron chi connectivity index (χ0n) is 10.5. The molecular formula is C14H20F2. The first-order chi connectivity index (χ1) is 7.31. The molecule has 0 aromatic heterocycles. The molecule has 0 aliphatic carbocycles. The first-order valence-electron chi connectivity index (χ1n) is 5.76. The maximum atomic E-state index is 14.3. The number of alkyl halides is 2. The largest absolute Gasteiger partial charge is 0.278 e. The summed E-state index contributed by atoms with van der Waals surface area (Å²) in [6.45, 7) is 7.11. The second-order valence-electron chi connectivity index (χ2n) is 5.07. The van der Waals surface area contributed by atoms with Crippen LogP contribution in [-0.2, 0) is 5.92 Å². The van der Waals surface area contributed by atoms with Crippen LogP contribution in [0.25, 0.3) is 0 Å². The van der Waals surface area contributed by atoms with Gasteiger partial charge in [-0.1, -0.05) is 57.0 Å². The van der Waals surface area contributed by atoms with Crippen LogP contribution < -0.4 is 0 Å². The minimum Gasteiger partial charge on any atom is -0.201 e. The molecule has 0 N–H and O–H groups in total. The van der Waals surface area contributed by atoms with Crippen LogP contribution in [0.3, 0.4) is 0 Å². The summed E-state index contributed by atoms with van der Waals surface area (Å²) < 4.78 is 28.5. The molecule has 0 saturated heterocycles. The SMILES string of the molecule is CCCC(C)(C)C(F)(F)c1ccc(C)cc1. The monoisotopic (exact) mass is 226 g/mol. The van der Waals surface area contributed by atoms with Gasteiger partial charge in [0.1, 0.15) is 0 Å². The fourth-order valence-electron chi connectivity index (χ4n) is 1.94. The van der Waals surface area contributed by atoms with Crippen molar-refractivity contribution < 1.29 is 8.78 Å². The Morgan fingerprint density at radius 2 is 1.56 bits per heavy atom. The van der Waals surface area contributed by atoms with E-state index in [9.17, 15) is 8.78 Å². The van der Waals surface area contributed by atoms with Crippen LogP contribution in [0.2, 0.25) is 0 Å². The smallest absolute Gasteiger partial charge is 0.201 e. The van der Waals surface area contributed by atoms with Gasteiger partial charge in [0.2, 0.25) is 0 Å². The Hall–Kier alpha value is -0.920. The molecule has 0 amide bonds. The van der Waals surface area contributed by atoms with Crippen molar-refractivity contribution in [3.05, 3.63) is 35.4 Å². The Balaban J connectivity index is 3.05. The Morgan fingerprint density at radius 1 is 1.06 bits per heavy atom. The van der Waals surface area contributed by atoms with E-state index in [0.717, 1.165) is 12.0 Å². The van der Waals surface area contributed by atoms with Crippen molar-refractivity contribution >= 4 is 0 Å². The molecule has 0 heterocycles. The first-order valence-corrected chi connectivity index (χ1v) is 5.76. The topological polar surface area (TPSA) is 0 Å².